The lowest BCUT2D eigenvalue weighted by Crippen LogP contribution is -2.36. The molecule has 0 unspecified atom stereocenters. The van der Waals surface area contributed by atoms with Crippen molar-refractivity contribution < 1.29 is 9.47 Å². The molecule has 21 heavy (non-hydrogen) atoms. The van der Waals surface area contributed by atoms with Gasteiger partial charge in [-0.2, -0.15) is 0 Å². The van der Waals surface area contributed by atoms with Crippen molar-refractivity contribution in [1.29, 1.82) is 0 Å². The highest BCUT2D eigenvalue weighted by Gasteiger charge is 2.15. The van der Waals surface area contributed by atoms with E-state index in [-0.39, 0.29) is 0 Å². The molecule has 118 valence electrons. The van der Waals surface area contributed by atoms with Gasteiger partial charge in [0.2, 0.25) is 0 Å². The van der Waals surface area contributed by atoms with Crippen LogP contribution < -0.4 is 20.5 Å². The number of rotatable bonds is 6. The van der Waals surface area contributed by atoms with Crippen LogP contribution in [0.2, 0.25) is 0 Å². The second kappa shape index (κ2) is 7.41. The standard InChI is InChI=1S/C16H27N3O2/c1-12-4-7-19(8-5-12)9-6-18-14-11-16(21-3)15(20-2)10-13(14)17/h10-12,18H,4-9,17H2,1-3H3. The summed E-state index contributed by atoms with van der Waals surface area (Å²) < 4.78 is 10.5. The average Bonchev–Trinajstić information content (AvgIpc) is 2.50. The largest absolute Gasteiger partial charge is 0.493 e. The summed E-state index contributed by atoms with van der Waals surface area (Å²) in [6.07, 6.45) is 2.61. The number of anilines is 2. The number of hydrogen-bond donors (Lipinski definition) is 2. The SMILES string of the molecule is COc1cc(N)c(NCCN2CCC(C)CC2)cc1OC. The van der Waals surface area contributed by atoms with Gasteiger partial charge in [-0.3, -0.25) is 0 Å². The molecule has 5 heteroatoms. The van der Waals surface area contributed by atoms with E-state index < -0.39 is 0 Å². The van der Waals surface area contributed by atoms with Crippen LogP contribution in [0.4, 0.5) is 11.4 Å². The molecule has 0 atom stereocenters. The first-order chi connectivity index (χ1) is 10.1. The van der Waals surface area contributed by atoms with Crippen molar-refractivity contribution in [2.45, 2.75) is 19.8 Å². The summed E-state index contributed by atoms with van der Waals surface area (Å²) in [7, 11) is 3.24. The first kappa shape index (κ1) is 15.8. The van der Waals surface area contributed by atoms with Crippen molar-refractivity contribution >= 4 is 11.4 Å². The molecule has 1 aliphatic heterocycles. The highest BCUT2D eigenvalue weighted by atomic mass is 16.5. The molecule has 1 aliphatic rings. The van der Waals surface area contributed by atoms with E-state index in [0.29, 0.717) is 17.2 Å². The number of nitrogens with zero attached hydrogens (tertiary/aromatic N) is 1. The van der Waals surface area contributed by atoms with Crippen molar-refractivity contribution in [1.82, 2.24) is 4.90 Å². The van der Waals surface area contributed by atoms with Crippen molar-refractivity contribution in [3.8, 4) is 11.5 Å². The molecule has 3 N–H and O–H groups in total. The zero-order chi connectivity index (χ0) is 15.2. The third-order valence-electron chi connectivity index (χ3n) is 4.18. The molecular weight excluding hydrogens is 266 g/mol. The maximum Gasteiger partial charge on any atom is 0.162 e. The zero-order valence-electron chi connectivity index (χ0n) is 13.3. The van der Waals surface area contributed by atoms with Gasteiger partial charge in [0, 0.05) is 25.2 Å². The number of ether oxygens (including phenoxy) is 2. The summed E-state index contributed by atoms with van der Waals surface area (Å²) in [5.74, 6) is 2.22. The molecule has 1 fully saturated rings. The third kappa shape index (κ3) is 4.17. The van der Waals surface area contributed by atoms with E-state index in [9.17, 15) is 0 Å². The summed E-state index contributed by atoms with van der Waals surface area (Å²) in [5, 5.41) is 3.40. The van der Waals surface area contributed by atoms with E-state index >= 15 is 0 Å². The van der Waals surface area contributed by atoms with E-state index in [2.05, 4.69) is 17.1 Å². The minimum Gasteiger partial charge on any atom is -0.493 e. The first-order valence-corrected chi connectivity index (χ1v) is 7.61. The highest BCUT2D eigenvalue weighted by molar-refractivity contribution is 5.72. The van der Waals surface area contributed by atoms with E-state index in [1.54, 1.807) is 20.3 Å². The number of nitrogen functional groups attached to an aromatic ring is 1. The second-order valence-electron chi connectivity index (χ2n) is 5.75. The number of hydrogen-bond acceptors (Lipinski definition) is 5. The molecule has 0 saturated carbocycles. The third-order valence-corrected chi connectivity index (χ3v) is 4.18. The summed E-state index contributed by atoms with van der Waals surface area (Å²) in [4.78, 5) is 2.50. The molecule has 1 aromatic rings. The number of nitrogens with one attached hydrogen (secondary N) is 1. The van der Waals surface area contributed by atoms with Crippen molar-refractivity contribution in [2.75, 3.05) is 51.4 Å². The van der Waals surface area contributed by atoms with Crippen molar-refractivity contribution in [2.24, 2.45) is 5.92 Å². The molecule has 0 bridgehead atoms. The van der Waals surface area contributed by atoms with Crippen LogP contribution in [-0.2, 0) is 0 Å². The van der Waals surface area contributed by atoms with E-state index in [4.69, 9.17) is 15.2 Å². The smallest absolute Gasteiger partial charge is 0.162 e. The van der Waals surface area contributed by atoms with Crippen LogP contribution in [0.25, 0.3) is 0 Å². The summed E-state index contributed by atoms with van der Waals surface area (Å²) >= 11 is 0. The normalized spacial score (nSPS) is 16.7. The molecular formula is C16H27N3O2. The Morgan fingerprint density at radius 3 is 2.43 bits per heavy atom. The molecule has 0 spiro atoms. The van der Waals surface area contributed by atoms with Crippen molar-refractivity contribution in [3.05, 3.63) is 12.1 Å². The quantitative estimate of drug-likeness (QED) is 0.789. The summed E-state index contributed by atoms with van der Waals surface area (Å²) in [5.41, 5.74) is 7.63. The van der Waals surface area contributed by atoms with Crippen LogP contribution in [-0.4, -0.2) is 45.3 Å². The highest BCUT2D eigenvalue weighted by Crippen LogP contribution is 2.34. The van der Waals surface area contributed by atoms with Crippen molar-refractivity contribution in [3.63, 3.8) is 0 Å². The second-order valence-corrected chi connectivity index (χ2v) is 5.75. The Morgan fingerprint density at radius 2 is 1.81 bits per heavy atom. The Hall–Kier alpha value is -1.62. The molecule has 1 saturated heterocycles. The summed E-state index contributed by atoms with van der Waals surface area (Å²) in [6.45, 7) is 6.66. The van der Waals surface area contributed by atoms with Crippen LogP contribution in [0.1, 0.15) is 19.8 Å². The number of likely N-dealkylation sites (tertiary alicyclic amines) is 1. The molecule has 0 radical (unpaired) electrons. The van der Waals surface area contributed by atoms with Gasteiger partial charge in [0.25, 0.3) is 0 Å². The van der Waals surface area contributed by atoms with Gasteiger partial charge in [0.05, 0.1) is 25.6 Å². The predicted octanol–water partition coefficient (Wildman–Crippen LogP) is 2.43. The number of nitrogens with two attached hydrogens (primary N) is 1. The molecule has 0 aromatic heterocycles. The molecule has 0 aliphatic carbocycles. The number of piperidine rings is 1. The fourth-order valence-corrected chi connectivity index (χ4v) is 2.68. The lowest BCUT2D eigenvalue weighted by molar-refractivity contribution is 0.199. The monoisotopic (exact) mass is 293 g/mol. The Kier molecular flexibility index (Phi) is 5.56. The van der Waals surface area contributed by atoms with E-state index in [0.717, 1.165) is 24.7 Å². The lowest BCUT2D eigenvalue weighted by Gasteiger charge is -2.30. The lowest BCUT2D eigenvalue weighted by atomic mass is 9.99. The van der Waals surface area contributed by atoms with E-state index in [1.807, 2.05) is 6.07 Å². The molecule has 1 aromatic carbocycles. The first-order valence-electron chi connectivity index (χ1n) is 7.61. The number of methoxy groups -OCH3 is 2. The molecule has 5 nitrogen and oxygen atoms in total. The van der Waals surface area contributed by atoms with Gasteiger partial charge in [-0.05, 0) is 31.8 Å². The van der Waals surface area contributed by atoms with Gasteiger partial charge in [-0.15, -0.1) is 0 Å². The average molecular weight is 293 g/mol. The Balaban J connectivity index is 1.88. The van der Waals surface area contributed by atoms with Crippen LogP contribution in [0.5, 0.6) is 11.5 Å². The maximum absolute atomic E-state index is 6.05. The van der Waals surface area contributed by atoms with Gasteiger partial charge in [-0.1, -0.05) is 6.92 Å². The summed E-state index contributed by atoms with van der Waals surface area (Å²) in [6, 6.07) is 3.69. The van der Waals surface area contributed by atoms with Gasteiger partial charge in [-0.25, -0.2) is 0 Å². The predicted molar refractivity (Wildman–Crippen MR) is 87.3 cm³/mol. The van der Waals surface area contributed by atoms with E-state index in [1.165, 1.54) is 25.9 Å². The Labute approximate surface area is 127 Å². The van der Waals surface area contributed by atoms with Gasteiger partial charge >= 0.3 is 0 Å². The van der Waals surface area contributed by atoms with Gasteiger partial charge < -0.3 is 25.4 Å². The van der Waals surface area contributed by atoms with Crippen LogP contribution in [0.3, 0.4) is 0 Å². The Bertz CT molecular complexity index is 457. The minimum absolute atomic E-state index is 0.658. The fraction of sp³-hybridized carbons (Fsp3) is 0.625. The fourth-order valence-electron chi connectivity index (χ4n) is 2.68. The minimum atomic E-state index is 0.658. The Morgan fingerprint density at radius 1 is 1.19 bits per heavy atom. The molecule has 0 amide bonds. The molecule has 1 heterocycles. The number of benzene rings is 1. The topological polar surface area (TPSA) is 59.8 Å². The van der Waals surface area contributed by atoms with Crippen LogP contribution in [0.15, 0.2) is 12.1 Å². The maximum atomic E-state index is 6.05. The zero-order valence-corrected chi connectivity index (χ0v) is 13.3. The van der Waals surface area contributed by atoms with Gasteiger partial charge in [0.15, 0.2) is 11.5 Å². The van der Waals surface area contributed by atoms with Gasteiger partial charge in [0.1, 0.15) is 0 Å². The van der Waals surface area contributed by atoms with Crippen LogP contribution >= 0.6 is 0 Å². The molecule has 2 rings (SSSR count). The van der Waals surface area contributed by atoms with Crippen LogP contribution in [0, 0.1) is 5.92 Å².